The maximum atomic E-state index is 6.21. The summed E-state index contributed by atoms with van der Waals surface area (Å²) in [4.78, 5) is 0. The average molecular weight is 261 g/mol. The molecule has 1 fully saturated rings. The molecule has 3 atom stereocenters. The molecule has 106 valence electrons. The molecular weight excluding hydrogens is 234 g/mol. The zero-order valence-corrected chi connectivity index (χ0v) is 12.4. The molecule has 1 aliphatic carbocycles. The van der Waals surface area contributed by atoms with Crippen LogP contribution in [0, 0.1) is 17.8 Å². The molecular formula is C17H27NO. The van der Waals surface area contributed by atoms with Gasteiger partial charge in [-0.15, -0.1) is 0 Å². The Kier molecular flexibility index (Phi) is 4.87. The molecule has 1 saturated carbocycles. The van der Waals surface area contributed by atoms with Crippen molar-refractivity contribution in [3.63, 3.8) is 0 Å². The maximum absolute atomic E-state index is 6.21. The highest BCUT2D eigenvalue weighted by Crippen LogP contribution is 2.35. The largest absolute Gasteiger partial charge is 0.398 e. The van der Waals surface area contributed by atoms with Crippen LogP contribution < -0.4 is 5.73 Å². The molecule has 0 aromatic heterocycles. The van der Waals surface area contributed by atoms with Gasteiger partial charge in [-0.05, 0) is 36.7 Å². The quantitative estimate of drug-likeness (QED) is 0.822. The Hall–Kier alpha value is -1.02. The van der Waals surface area contributed by atoms with E-state index in [0.717, 1.165) is 17.2 Å². The van der Waals surface area contributed by atoms with Crippen molar-refractivity contribution in [2.24, 2.45) is 17.8 Å². The van der Waals surface area contributed by atoms with Gasteiger partial charge in [0.2, 0.25) is 0 Å². The molecule has 0 saturated heterocycles. The molecule has 19 heavy (non-hydrogen) atoms. The van der Waals surface area contributed by atoms with Gasteiger partial charge < -0.3 is 10.5 Å². The number of para-hydroxylation sites is 1. The number of anilines is 1. The molecule has 0 heterocycles. The first-order chi connectivity index (χ1) is 9.08. The Morgan fingerprint density at radius 1 is 1.26 bits per heavy atom. The standard InChI is InChI=1S/C17H27NO/c1-12(2)15-9-8-13(3)10-17(15)19-11-14-6-4-5-7-16(14)18/h4-7,12-13,15,17H,8-11,18H2,1-3H3. The van der Waals surface area contributed by atoms with Crippen molar-refractivity contribution in [2.45, 2.75) is 52.7 Å². The second-order valence-corrected chi connectivity index (χ2v) is 6.37. The molecule has 1 aromatic carbocycles. The van der Waals surface area contributed by atoms with Crippen LogP contribution in [-0.4, -0.2) is 6.10 Å². The third-order valence-corrected chi connectivity index (χ3v) is 4.47. The van der Waals surface area contributed by atoms with Crippen LogP contribution in [0.3, 0.4) is 0 Å². The highest BCUT2D eigenvalue weighted by atomic mass is 16.5. The van der Waals surface area contributed by atoms with Crippen molar-refractivity contribution in [3.05, 3.63) is 29.8 Å². The van der Waals surface area contributed by atoms with Gasteiger partial charge in [0.1, 0.15) is 0 Å². The minimum atomic E-state index is 0.392. The predicted octanol–water partition coefficient (Wildman–Crippen LogP) is 4.25. The molecule has 0 radical (unpaired) electrons. The fourth-order valence-corrected chi connectivity index (χ4v) is 3.17. The van der Waals surface area contributed by atoms with Crippen molar-refractivity contribution >= 4 is 5.69 Å². The van der Waals surface area contributed by atoms with Crippen LogP contribution in [0.25, 0.3) is 0 Å². The molecule has 2 heteroatoms. The highest BCUT2D eigenvalue weighted by molar-refractivity contribution is 5.45. The van der Waals surface area contributed by atoms with Crippen LogP contribution in [-0.2, 0) is 11.3 Å². The van der Waals surface area contributed by atoms with Crippen LogP contribution in [0.15, 0.2) is 24.3 Å². The summed E-state index contributed by atoms with van der Waals surface area (Å²) in [5.74, 6) is 2.18. The fourth-order valence-electron chi connectivity index (χ4n) is 3.17. The van der Waals surface area contributed by atoms with Gasteiger partial charge in [0.15, 0.2) is 0 Å². The molecule has 0 amide bonds. The second kappa shape index (κ2) is 6.42. The molecule has 3 unspecified atom stereocenters. The van der Waals surface area contributed by atoms with E-state index >= 15 is 0 Å². The first kappa shape index (κ1) is 14.4. The first-order valence-electron chi connectivity index (χ1n) is 7.53. The number of hydrogen-bond acceptors (Lipinski definition) is 2. The number of benzene rings is 1. The monoisotopic (exact) mass is 261 g/mol. The summed E-state index contributed by atoms with van der Waals surface area (Å²) >= 11 is 0. The Bertz CT molecular complexity index is 402. The van der Waals surface area contributed by atoms with Crippen LogP contribution in [0.1, 0.15) is 45.6 Å². The number of nitrogen functional groups attached to an aromatic ring is 1. The van der Waals surface area contributed by atoms with Gasteiger partial charge in [0.05, 0.1) is 12.7 Å². The van der Waals surface area contributed by atoms with Crippen molar-refractivity contribution in [1.82, 2.24) is 0 Å². The van der Waals surface area contributed by atoms with Gasteiger partial charge in [-0.25, -0.2) is 0 Å². The molecule has 2 N–H and O–H groups in total. The number of rotatable bonds is 4. The normalized spacial score (nSPS) is 27.7. The number of nitrogens with two attached hydrogens (primary N) is 1. The van der Waals surface area contributed by atoms with E-state index in [2.05, 4.69) is 26.8 Å². The van der Waals surface area contributed by atoms with E-state index < -0.39 is 0 Å². The summed E-state index contributed by atoms with van der Waals surface area (Å²) in [7, 11) is 0. The van der Waals surface area contributed by atoms with Crippen LogP contribution in [0.5, 0.6) is 0 Å². The van der Waals surface area contributed by atoms with E-state index in [-0.39, 0.29) is 0 Å². The van der Waals surface area contributed by atoms with Crippen LogP contribution >= 0.6 is 0 Å². The lowest BCUT2D eigenvalue weighted by Gasteiger charge is -2.37. The van der Waals surface area contributed by atoms with Gasteiger partial charge in [0.25, 0.3) is 0 Å². The van der Waals surface area contributed by atoms with E-state index in [1.807, 2.05) is 18.2 Å². The van der Waals surface area contributed by atoms with Gasteiger partial charge in [-0.2, -0.15) is 0 Å². The predicted molar refractivity (Wildman–Crippen MR) is 80.8 cm³/mol. The topological polar surface area (TPSA) is 35.2 Å². The minimum absolute atomic E-state index is 0.392. The molecule has 1 aromatic rings. The molecule has 1 aliphatic rings. The summed E-state index contributed by atoms with van der Waals surface area (Å²) in [5, 5.41) is 0. The second-order valence-electron chi connectivity index (χ2n) is 6.37. The Balaban J connectivity index is 1.97. The Morgan fingerprint density at radius 3 is 2.68 bits per heavy atom. The van der Waals surface area contributed by atoms with Gasteiger partial charge >= 0.3 is 0 Å². The van der Waals surface area contributed by atoms with Crippen LogP contribution in [0.4, 0.5) is 5.69 Å². The highest BCUT2D eigenvalue weighted by Gasteiger charge is 2.31. The van der Waals surface area contributed by atoms with E-state index in [1.165, 1.54) is 19.3 Å². The lowest BCUT2D eigenvalue weighted by Crippen LogP contribution is -2.34. The zero-order chi connectivity index (χ0) is 13.8. The SMILES string of the molecule is CC1CCC(C(C)C)C(OCc2ccccc2N)C1. The third-order valence-electron chi connectivity index (χ3n) is 4.47. The van der Waals surface area contributed by atoms with E-state index in [9.17, 15) is 0 Å². The van der Waals surface area contributed by atoms with Crippen molar-refractivity contribution in [2.75, 3.05) is 5.73 Å². The summed E-state index contributed by atoms with van der Waals surface area (Å²) in [6.45, 7) is 7.61. The van der Waals surface area contributed by atoms with E-state index in [0.29, 0.717) is 24.5 Å². The van der Waals surface area contributed by atoms with Gasteiger partial charge in [-0.3, -0.25) is 0 Å². The van der Waals surface area contributed by atoms with E-state index in [1.54, 1.807) is 0 Å². The zero-order valence-electron chi connectivity index (χ0n) is 12.4. The Labute approximate surface area is 117 Å². The fraction of sp³-hybridized carbons (Fsp3) is 0.647. The molecule has 2 rings (SSSR count). The van der Waals surface area contributed by atoms with Crippen molar-refractivity contribution < 1.29 is 4.74 Å². The summed E-state index contributed by atoms with van der Waals surface area (Å²) < 4.78 is 6.21. The minimum Gasteiger partial charge on any atom is -0.398 e. The molecule has 0 bridgehead atoms. The lowest BCUT2D eigenvalue weighted by molar-refractivity contribution is -0.0470. The molecule has 0 spiro atoms. The van der Waals surface area contributed by atoms with Crippen LogP contribution in [0.2, 0.25) is 0 Å². The number of ether oxygens (including phenoxy) is 1. The average Bonchev–Trinajstić information content (AvgIpc) is 2.37. The number of hydrogen-bond donors (Lipinski definition) is 1. The Morgan fingerprint density at radius 2 is 2.00 bits per heavy atom. The summed E-state index contributed by atoms with van der Waals surface area (Å²) in [6.07, 6.45) is 4.22. The molecule has 0 aliphatic heterocycles. The van der Waals surface area contributed by atoms with Gasteiger partial charge in [0, 0.05) is 11.3 Å². The molecule has 2 nitrogen and oxygen atoms in total. The third kappa shape index (κ3) is 3.73. The van der Waals surface area contributed by atoms with Gasteiger partial charge in [-0.1, -0.05) is 45.4 Å². The lowest BCUT2D eigenvalue weighted by atomic mass is 9.75. The maximum Gasteiger partial charge on any atom is 0.0740 e. The van der Waals surface area contributed by atoms with E-state index in [4.69, 9.17) is 10.5 Å². The van der Waals surface area contributed by atoms with Crippen molar-refractivity contribution in [3.8, 4) is 0 Å². The smallest absolute Gasteiger partial charge is 0.0740 e. The van der Waals surface area contributed by atoms with Crippen molar-refractivity contribution in [1.29, 1.82) is 0 Å². The summed E-state index contributed by atoms with van der Waals surface area (Å²) in [5.41, 5.74) is 7.93. The first-order valence-corrected chi connectivity index (χ1v) is 7.53. The summed E-state index contributed by atoms with van der Waals surface area (Å²) in [6, 6.07) is 8.00.